The Morgan fingerprint density at radius 3 is 2.76 bits per heavy atom. The zero-order valence-electron chi connectivity index (χ0n) is 16.4. The molecule has 1 aliphatic rings. The van der Waals surface area contributed by atoms with Crippen LogP contribution >= 0.6 is 0 Å². The highest BCUT2D eigenvalue weighted by Gasteiger charge is 2.29. The Labute approximate surface area is 165 Å². The smallest absolute Gasteiger partial charge is 0.291 e. The molecule has 4 rings (SSSR count). The minimum atomic E-state index is -0.663. The van der Waals surface area contributed by atoms with Crippen LogP contribution in [0.15, 0.2) is 15.4 Å². The summed E-state index contributed by atoms with van der Waals surface area (Å²) in [5, 5.41) is 25.4. The number of amides is 1. The highest BCUT2D eigenvalue weighted by atomic mass is 16.4. The lowest BCUT2D eigenvalue weighted by Gasteiger charge is -2.17. The van der Waals surface area contributed by atoms with Crippen molar-refractivity contribution in [3.8, 4) is 5.88 Å². The summed E-state index contributed by atoms with van der Waals surface area (Å²) >= 11 is 0. The van der Waals surface area contributed by atoms with E-state index >= 15 is 0 Å². The molecule has 29 heavy (non-hydrogen) atoms. The number of hydrogen-bond acceptors (Lipinski definition) is 7. The second-order valence-corrected chi connectivity index (χ2v) is 7.58. The van der Waals surface area contributed by atoms with E-state index in [1.807, 2.05) is 13.8 Å². The summed E-state index contributed by atoms with van der Waals surface area (Å²) < 4.78 is 8.01. The van der Waals surface area contributed by atoms with E-state index in [0.717, 1.165) is 17.4 Å². The van der Waals surface area contributed by atoms with Crippen LogP contribution in [-0.2, 0) is 6.54 Å². The Kier molecular flexibility index (Phi) is 4.69. The highest BCUT2D eigenvalue weighted by molar-refractivity contribution is 5.96. The van der Waals surface area contributed by atoms with Crippen molar-refractivity contribution in [3.63, 3.8) is 0 Å². The third-order valence-corrected chi connectivity index (χ3v) is 4.55. The molecule has 1 saturated carbocycles. The van der Waals surface area contributed by atoms with Gasteiger partial charge in [-0.3, -0.25) is 14.2 Å². The first-order valence-electron chi connectivity index (χ1n) is 9.47. The van der Waals surface area contributed by atoms with Crippen molar-refractivity contribution >= 4 is 23.7 Å². The Morgan fingerprint density at radius 1 is 1.38 bits per heavy atom. The van der Waals surface area contributed by atoms with Crippen LogP contribution < -0.4 is 10.9 Å². The fraction of sp³-hybridized carbons (Fsp3) is 0.421. The maximum absolute atomic E-state index is 12.9. The van der Waals surface area contributed by atoms with E-state index < -0.39 is 11.5 Å². The molecule has 3 aromatic heterocycles. The van der Waals surface area contributed by atoms with Crippen LogP contribution in [0.2, 0.25) is 0 Å². The first-order chi connectivity index (χ1) is 13.8. The Morgan fingerprint density at radius 2 is 2.14 bits per heavy atom. The van der Waals surface area contributed by atoms with Gasteiger partial charge in [-0.1, -0.05) is 13.8 Å². The van der Waals surface area contributed by atoms with Crippen LogP contribution in [0.4, 0.5) is 0 Å². The lowest BCUT2D eigenvalue weighted by molar-refractivity contribution is 0.0944. The number of aryl methyl sites for hydroxylation is 1. The lowest BCUT2D eigenvalue weighted by atomic mass is 10.2. The van der Waals surface area contributed by atoms with Crippen LogP contribution in [0, 0.1) is 12.8 Å². The van der Waals surface area contributed by atoms with Gasteiger partial charge in [-0.05, 0) is 24.8 Å². The van der Waals surface area contributed by atoms with Crippen LogP contribution in [0.5, 0.6) is 5.88 Å². The number of hydrogen-bond donors (Lipinski definition) is 2. The lowest BCUT2D eigenvalue weighted by Crippen LogP contribution is -2.34. The molecule has 0 atom stereocenters. The summed E-state index contributed by atoms with van der Waals surface area (Å²) in [4.78, 5) is 25.5. The third-order valence-electron chi connectivity index (χ3n) is 4.55. The Bertz CT molecular complexity index is 1170. The molecule has 3 aromatic rings. The molecule has 1 fully saturated rings. The van der Waals surface area contributed by atoms with Crippen molar-refractivity contribution in [3.05, 3.63) is 39.5 Å². The maximum Gasteiger partial charge on any atom is 0.291 e. The molecule has 0 saturated heterocycles. The van der Waals surface area contributed by atoms with E-state index in [4.69, 9.17) is 4.42 Å². The minimum Gasteiger partial charge on any atom is -0.494 e. The van der Waals surface area contributed by atoms with Crippen LogP contribution in [0.3, 0.4) is 0 Å². The largest absolute Gasteiger partial charge is 0.494 e. The van der Waals surface area contributed by atoms with Crippen molar-refractivity contribution in [1.82, 2.24) is 29.7 Å². The van der Waals surface area contributed by atoms with Gasteiger partial charge in [0.2, 0.25) is 17.7 Å². The number of aromatic hydroxyl groups is 1. The number of fused-ring (bicyclic) bond motifs is 1. The van der Waals surface area contributed by atoms with Crippen LogP contribution in [-0.4, -0.2) is 41.4 Å². The molecule has 0 radical (unpaired) electrons. The van der Waals surface area contributed by atoms with E-state index in [-0.39, 0.29) is 23.4 Å². The number of carbonyl (C=O) groups excluding carboxylic acids is 1. The summed E-state index contributed by atoms with van der Waals surface area (Å²) in [5.74, 6) is -0.0483. The number of nitrogens with one attached hydrogen (secondary N) is 1. The molecule has 10 nitrogen and oxygen atoms in total. The molecule has 0 unspecified atom stereocenters. The fourth-order valence-corrected chi connectivity index (χ4v) is 3.09. The van der Waals surface area contributed by atoms with Gasteiger partial charge in [0.05, 0.1) is 6.20 Å². The first kappa shape index (κ1) is 18.9. The number of aromatic nitrogens is 5. The zero-order valence-corrected chi connectivity index (χ0v) is 16.4. The number of nitrogens with zero attached hydrogens (tertiary/aromatic N) is 5. The van der Waals surface area contributed by atoms with Crippen molar-refractivity contribution in [2.45, 2.75) is 46.2 Å². The van der Waals surface area contributed by atoms with E-state index in [9.17, 15) is 14.7 Å². The summed E-state index contributed by atoms with van der Waals surface area (Å²) in [5.41, 5.74) is -0.000130. The molecule has 0 bridgehead atoms. The third kappa shape index (κ3) is 3.65. The molecule has 1 aliphatic carbocycles. The first-order valence-corrected chi connectivity index (χ1v) is 9.47. The predicted octanol–water partition coefficient (Wildman–Crippen LogP) is 1.61. The molecule has 152 valence electrons. The van der Waals surface area contributed by atoms with Gasteiger partial charge in [0.1, 0.15) is 5.65 Å². The van der Waals surface area contributed by atoms with Gasteiger partial charge in [0.25, 0.3) is 11.5 Å². The molecule has 0 aliphatic heterocycles. The molecule has 10 heteroatoms. The van der Waals surface area contributed by atoms with Crippen LogP contribution in [0.25, 0.3) is 17.8 Å². The van der Waals surface area contributed by atoms with Gasteiger partial charge in [-0.15, -0.1) is 10.2 Å². The molecule has 1 amide bonds. The second kappa shape index (κ2) is 7.19. The maximum atomic E-state index is 12.9. The topological polar surface area (TPSA) is 128 Å². The summed E-state index contributed by atoms with van der Waals surface area (Å²) in [7, 11) is 0. The Hall–Kier alpha value is -3.43. The van der Waals surface area contributed by atoms with E-state index in [1.54, 1.807) is 23.6 Å². The van der Waals surface area contributed by atoms with E-state index in [1.165, 1.54) is 6.20 Å². The highest BCUT2D eigenvalue weighted by Crippen LogP contribution is 2.24. The SMILES string of the molecule is Cc1nnc(/C=C/c2cnn3c(=O)c(C(=O)NC4CC4)c(O)n(CC(C)C)c23)o1. The van der Waals surface area contributed by atoms with Crippen molar-refractivity contribution in [1.29, 1.82) is 0 Å². The zero-order chi connectivity index (χ0) is 20.7. The predicted molar refractivity (Wildman–Crippen MR) is 104 cm³/mol. The standard InChI is InChI=1S/C19H22N6O4/c1-10(2)9-24-17-12(4-7-14-23-22-11(3)29-14)8-20-25(17)19(28)15(18(24)27)16(26)21-13-5-6-13/h4,7-8,10,13,27H,5-6,9H2,1-3H3,(H,21,26)/b7-4+. The van der Waals surface area contributed by atoms with Gasteiger partial charge in [-0.25, -0.2) is 0 Å². The normalized spacial score (nSPS) is 14.3. The molecule has 0 spiro atoms. The van der Waals surface area contributed by atoms with Gasteiger partial charge in [0, 0.05) is 31.1 Å². The van der Waals surface area contributed by atoms with Crippen LogP contribution in [0.1, 0.15) is 54.4 Å². The average molecular weight is 398 g/mol. The molecule has 0 aromatic carbocycles. The van der Waals surface area contributed by atoms with Crippen molar-refractivity contribution < 1.29 is 14.3 Å². The molecule has 3 heterocycles. The molecular weight excluding hydrogens is 376 g/mol. The number of carbonyl (C=O) groups is 1. The number of rotatable bonds is 6. The quantitative estimate of drug-likeness (QED) is 0.646. The summed E-state index contributed by atoms with van der Waals surface area (Å²) in [6.45, 7) is 6.04. The molecule has 2 N–H and O–H groups in total. The fourth-order valence-electron chi connectivity index (χ4n) is 3.09. The second-order valence-electron chi connectivity index (χ2n) is 7.58. The van der Waals surface area contributed by atoms with Crippen molar-refractivity contribution in [2.24, 2.45) is 5.92 Å². The van der Waals surface area contributed by atoms with Crippen molar-refractivity contribution in [2.75, 3.05) is 0 Å². The average Bonchev–Trinajstić information content (AvgIpc) is 3.20. The summed E-state index contributed by atoms with van der Waals surface area (Å²) in [6.07, 6.45) is 6.53. The van der Waals surface area contributed by atoms with Gasteiger partial charge in [-0.2, -0.15) is 9.61 Å². The van der Waals surface area contributed by atoms with E-state index in [2.05, 4.69) is 20.6 Å². The van der Waals surface area contributed by atoms with Gasteiger partial charge in [0.15, 0.2) is 5.56 Å². The monoisotopic (exact) mass is 398 g/mol. The van der Waals surface area contributed by atoms with Gasteiger partial charge >= 0.3 is 0 Å². The van der Waals surface area contributed by atoms with E-state index in [0.29, 0.717) is 29.5 Å². The minimum absolute atomic E-state index is 0.0597. The van der Waals surface area contributed by atoms with Gasteiger partial charge < -0.3 is 14.8 Å². The summed E-state index contributed by atoms with van der Waals surface area (Å²) in [6, 6.07) is 0.0597. The molecular formula is C19H22N6O4. The Balaban J connectivity index is 1.86.